The lowest BCUT2D eigenvalue weighted by Crippen LogP contribution is -2.68. The van der Waals surface area contributed by atoms with Gasteiger partial charge in [0.2, 0.25) is 21.1 Å². The highest BCUT2D eigenvalue weighted by atomic mass is 35.7. The molecule has 0 unspecified atom stereocenters. The normalized spacial score (nSPS) is 13.0. The Morgan fingerprint density at radius 2 is 0.886 bits per heavy atom. The molecule has 0 aliphatic carbocycles. The first-order valence-electron chi connectivity index (χ1n) is 13.6. The smallest absolute Gasteiger partial charge is 0.222 e. The van der Waals surface area contributed by atoms with Crippen LogP contribution in [-0.2, 0) is 0 Å². The molecular formula is C37H27ClO4S2. The van der Waals surface area contributed by atoms with Crippen LogP contribution in [0.5, 0.6) is 0 Å². The summed E-state index contributed by atoms with van der Waals surface area (Å²) in [5.74, 6) is 0. The van der Waals surface area contributed by atoms with Crippen LogP contribution >= 0.6 is 23.1 Å². The van der Waals surface area contributed by atoms with Gasteiger partial charge in [-0.1, -0.05) is 127 Å². The average Bonchev–Trinajstić information content (AvgIpc) is 3.05. The molecule has 7 heteroatoms. The fourth-order valence-corrected chi connectivity index (χ4v) is 6.75. The molecule has 6 rings (SSSR count). The van der Waals surface area contributed by atoms with Gasteiger partial charge < -0.3 is 0 Å². The monoisotopic (exact) mass is 634 g/mol. The Balaban J connectivity index is 0.000000712. The Kier molecular flexibility index (Phi) is 10.7. The molecule has 0 N–H and O–H groups in total. The van der Waals surface area contributed by atoms with Crippen LogP contribution in [0.2, 0.25) is 0 Å². The third kappa shape index (κ3) is 9.44. The van der Waals surface area contributed by atoms with Gasteiger partial charge >= 0.3 is 0 Å². The minimum Gasteiger partial charge on any atom is -0.222 e. The van der Waals surface area contributed by atoms with Crippen LogP contribution in [0.15, 0.2) is 163 Å². The van der Waals surface area contributed by atoms with Gasteiger partial charge in [-0.15, -0.1) is 10.2 Å². The second-order valence-corrected chi connectivity index (χ2v) is 12.5. The molecule has 218 valence electrons. The number of thioether (sulfide) groups is 1. The molecule has 1 aromatic heterocycles. The van der Waals surface area contributed by atoms with Crippen LogP contribution in [0.25, 0.3) is 36.8 Å². The highest BCUT2D eigenvalue weighted by Crippen LogP contribution is 2.44. The summed E-state index contributed by atoms with van der Waals surface area (Å²) in [7, 11) is -4.94. The third-order valence-electron chi connectivity index (χ3n) is 6.44. The molecule has 0 amide bonds. The zero-order chi connectivity index (χ0) is 30.8. The van der Waals surface area contributed by atoms with E-state index in [1.807, 2.05) is 23.1 Å². The van der Waals surface area contributed by atoms with E-state index in [-0.39, 0.29) is 0 Å². The van der Waals surface area contributed by atoms with Crippen molar-refractivity contribution in [2.75, 3.05) is 0 Å². The molecule has 0 spiro atoms. The van der Waals surface area contributed by atoms with Crippen LogP contribution in [0.3, 0.4) is 0 Å². The van der Waals surface area contributed by atoms with Gasteiger partial charge in [0.15, 0.2) is 0 Å². The third-order valence-corrected chi connectivity index (χ3v) is 8.74. The number of benzene rings is 4. The Bertz CT molecular complexity index is 1680. The molecule has 0 saturated heterocycles. The average molecular weight is 635 g/mol. The Morgan fingerprint density at radius 3 is 1.27 bits per heavy atom. The van der Waals surface area contributed by atoms with Crippen molar-refractivity contribution in [3.05, 3.63) is 180 Å². The number of allylic oxidation sites excluding steroid dienone is 5. The van der Waals surface area contributed by atoms with Crippen molar-refractivity contribution in [2.45, 2.75) is 0 Å². The van der Waals surface area contributed by atoms with E-state index < -0.39 is 10.2 Å². The molecule has 2 heterocycles. The summed E-state index contributed by atoms with van der Waals surface area (Å²) >= 11 is 3.66. The lowest BCUT2D eigenvalue weighted by atomic mass is 10.1. The summed E-state index contributed by atoms with van der Waals surface area (Å²) < 4.78 is 34.0. The van der Waals surface area contributed by atoms with E-state index in [1.165, 1.54) is 53.0 Å². The van der Waals surface area contributed by atoms with Crippen molar-refractivity contribution in [3.63, 3.8) is 0 Å². The minimum atomic E-state index is -4.94. The molecule has 0 saturated carbocycles. The maximum absolute atomic E-state index is 8.49. The van der Waals surface area contributed by atoms with Crippen molar-refractivity contribution in [2.24, 2.45) is 0 Å². The van der Waals surface area contributed by atoms with Crippen molar-refractivity contribution >= 4 is 39.0 Å². The Hall–Kier alpha value is -4.11. The molecule has 4 nitrogen and oxygen atoms in total. The molecule has 0 atom stereocenters. The van der Waals surface area contributed by atoms with Crippen LogP contribution < -0.4 is 18.6 Å². The number of hydrogen-bond donors (Lipinski definition) is 0. The van der Waals surface area contributed by atoms with E-state index in [0.717, 1.165) is 0 Å². The van der Waals surface area contributed by atoms with Crippen LogP contribution in [0.1, 0.15) is 16.7 Å². The van der Waals surface area contributed by atoms with Gasteiger partial charge in [-0.3, -0.25) is 0 Å². The van der Waals surface area contributed by atoms with Gasteiger partial charge in [-0.25, -0.2) is 18.6 Å². The number of rotatable bonds is 6. The van der Waals surface area contributed by atoms with E-state index in [9.17, 15) is 0 Å². The Morgan fingerprint density at radius 1 is 0.523 bits per heavy atom. The van der Waals surface area contributed by atoms with E-state index in [0.29, 0.717) is 0 Å². The van der Waals surface area contributed by atoms with E-state index >= 15 is 0 Å². The molecular weight excluding hydrogens is 608 g/mol. The fourth-order valence-electron chi connectivity index (χ4n) is 4.49. The maximum atomic E-state index is 8.49. The van der Waals surface area contributed by atoms with Crippen molar-refractivity contribution in [1.82, 2.24) is 0 Å². The summed E-state index contributed by atoms with van der Waals surface area (Å²) in [5.41, 5.74) is 7.33. The van der Waals surface area contributed by atoms with E-state index in [1.54, 1.807) is 0 Å². The molecule has 1 aliphatic heterocycles. The topological polar surface area (TPSA) is 92.2 Å². The van der Waals surface area contributed by atoms with Crippen LogP contribution in [0.4, 0.5) is 0 Å². The van der Waals surface area contributed by atoms with Gasteiger partial charge in [-0.05, 0) is 58.7 Å². The van der Waals surface area contributed by atoms with E-state index in [4.69, 9.17) is 18.6 Å². The first-order valence-corrected chi connectivity index (χ1v) is 16.5. The predicted octanol–water partition coefficient (Wildman–Crippen LogP) is 6.38. The van der Waals surface area contributed by atoms with Gasteiger partial charge in [0, 0.05) is 33.1 Å². The zero-order valence-corrected chi connectivity index (χ0v) is 25.8. The standard InChI is InChI=1S/C37H27S2.ClHO4/c1-5-16-30(17-6-1)34-24-28(25-35(38-34)31-18-7-2-8-19-31)14-13-15-29-26-36(32-20-9-3-10-21-32)39-37(27-29)33-22-11-4-12-23-33;2-1(3,4)5/h1-27H;(H,2,3,4,5)/q+1;/p-1. The molecule has 0 bridgehead atoms. The number of halogens is 1. The summed E-state index contributed by atoms with van der Waals surface area (Å²) in [6.07, 6.45) is 11.2. The summed E-state index contributed by atoms with van der Waals surface area (Å²) in [5, 5.41) is 0. The maximum Gasteiger partial charge on any atom is 0.239 e. The molecule has 0 fully saturated rings. The number of hydrogen-bond acceptors (Lipinski definition) is 5. The van der Waals surface area contributed by atoms with Gasteiger partial charge in [0.1, 0.15) is 0 Å². The second-order valence-electron chi connectivity index (χ2n) is 9.61. The molecule has 44 heavy (non-hydrogen) atoms. The predicted molar refractivity (Wildman–Crippen MR) is 173 cm³/mol. The van der Waals surface area contributed by atoms with Gasteiger partial charge in [-0.2, -0.15) is 0 Å². The quantitative estimate of drug-likeness (QED) is 0.202. The highest BCUT2D eigenvalue weighted by Gasteiger charge is 2.18. The first-order chi connectivity index (χ1) is 21.3. The SMILES string of the molecule is C(/C=C/c1cc(-c2ccccc2)[s+]c(-c2ccccc2)c1)=C1C=C(c2ccccc2)SC(c2ccccc2)=C1.[O-][Cl+3]([O-])([O-])[O-]. The summed E-state index contributed by atoms with van der Waals surface area (Å²) in [4.78, 5) is 5.04. The van der Waals surface area contributed by atoms with Crippen molar-refractivity contribution in [3.8, 4) is 20.9 Å². The fraction of sp³-hybridized carbons (Fsp3) is 0. The van der Waals surface area contributed by atoms with Crippen molar-refractivity contribution in [1.29, 1.82) is 0 Å². The summed E-state index contributed by atoms with van der Waals surface area (Å²) in [6.45, 7) is 0. The largest absolute Gasteiger partial charge is 0.239 e. The summed E-state index contributed by atoms with van der Waals surface area (Å²) in [6, 6.07) is 47.1. The van der Waals surface area contributed by atoms with Crippen LogP contribution in [0, 0.1) is 10.2 Å². The van der Waals surface area contributed by atoms with Gasteiger partial charge in [0.05, 0.1) is 0 Å². The lowest BCUT2D eigenvalue weighted by Gasteiger charge is -2.17. The minimum absolute atomic E-state index is 1.19. The zero-order valence-electron chi connectivity index (χ0n) is 23.4. The van der Waals surface area contributed by atoms with Crippen molar-refractivity contribution < 1.29 is 28.9 Å². The Labute approximate surface area is 267 Å². The highest BCUT2D eigenvalue weighted by molar-refractivity contribution is 8.16. The van der Waals surface area contributed by atoms with Crippen LogP contribution in [-0.4, -0.2) is 0 Å². The lowest BCUT2D eigenvalue weighted by molar-refractivity contribution is -2.00. The first kappa shape index (κ1) is 31.3. The molecule has 0 radical (unpaired) electrons. The molecule has 1 aliphatic rings. The van der Waals surface area contributed by atoms with Gasteiger partial charge in [0.25, 0.3) is 0 Å². The van der Waals surface area contributed by atoms with E-state index in [2.05, 4.69) is 164 Å². The molecule has 4 aromatic carbocycles. The second kappa shape index (κ2) is 15.1. The molecule has 5 aromatic rings.